The Labute approximate surface area is 141 Å². The van der Waals surface area contributed by atoms with E-state index in [-0.39, 0.29) is 6.54 Å². The topological polar surface area (TPSA) is 130 Å². The number of aromatic nitrogens is 2. The first-order valence-electron chi connectivity index (χ1n) is 7.23. The number of hydrogen-bond acceptors (Lipinski definition) is 6. The number of rotatable bonds is 4. The van der Waals surface area contributed by atoms with Crippen LogP contribution in [0.25, 0.3) is 0 Å². The SMILES string of the molecule is CC(C)(C)OC(=O)N[C@@H](Cn1c2c(c(=O)[nH]c1=O)CSC2)C(=O)O. The van der Waals surface area contributed by atoms with Crippen molar-refractivity contribution >= 4 is 23.8 Å². The van der Waals surface area contributed by atoms with Crippen LogP contribution in [-0.4, -0.2) is 38.4 Å². The summed E-state index contributed by atoms with van der Waals surface area (Å²) >= 11 is 1.46. The largest absolute Gasteiger partial charge is 0.480 e. The number of ether oxygens (including phenoxy) is 1. The third-order valence-corrected chi connectivity index (χ3v) is 4.22. The van der Waals surface area contributed by atoms with Gasteiger partial charge in [-0.05, 0) is 20.8 Å². The lowest BCUT2D eigenvalue weighted by atomic mass is 10.2. The smallest absolute Gasteiger partial charge is 0.408 e. The van der Waals surface area contributed by atoms with E-state index < -0.39 is 35.0 Å². The Morgan fingerprint density at radius 1 is 1.38 bits per heavy atom. The molecule has 0 saturated carbocycles. The van der Waals surface area contributed by atoms with Gasteiger partial charge in [0.05, 0.1) is 6.54 Å². The van der Waals surface area contributed by atoms with E-state index in [1.54, 1.807) is 20.8 Å². The Kier molecular flexibility index (Phi) is 5.07. The van der Waals surface area contributed by atoms with E-state index in [2.05, 4.69) is 10.3 Å². The lowest BCUT2D eigenvalue weighted by Crippen LogP contribution is -2.48. The number of carboxylic acid groups (broad SMARTS) is 1. The monoisotopic (exact) mass is 357 g/mol. The molecule has 0 radical (unpaired) electrons. The summed E-state index contributed by atoms with van der Waals surface area (Å²) in [5.74, 6) is -0.409. The number of thioether (sulfide) groups is 1. The van der Waals surface area contributed by atoms with Crippen LogP contribution in [0, 0.1) is 0 Å². The van der Waals surface area contributed by atoms with Gasteiger partial charge in [-0.3, -0.25) is 14.3 Å². The Morgan fingerprint density at radius 2 is 2.04 bits per heavy atom. The number of aromatic amines is 1. The molecular formula is C14H19N3O6S. The molecule has 3 N–H and O–H groups in total. The number of aliphatic carboxylic acids is 1. The minimum Gasteiger partial charge on any atom is -0.480 e. The first-order chi connectivity index (χ1) is 11.1. The molecule has 0 saturated heterocycles. The van der Waals surface area contributed by atoms with Crippen LogP contribution >= 0.6 is 11.8 Å². The van der Waals surface area contributed by atoms with Crippen LogP contribution in [0.5, 0.6) is 0 Å². The van der Waals surface area contributed by atoms with Gasteiger partial charge in [0.15, 0.2) is 0 Å². The van der Waals surface area contributed by atoms with E-state index in [4.69, 9.17) is 4.74 Å². The number of carbonyl (C=O) groups excluding carboxylic acids is 1. The van der Waals surface area contributed by atoms with E-state index in [1.165, 1.54) is 16.3 Å². The summed E-state index contributed by atoms with van der Waals surface area (Å²) in [6, 6.07) is -1.36. The molecule has 24 heavy (non-hydrogen) atoms. The first kappa shape index (κ1) is 18.1. The van der Waals surface area contributed by atoms with Gasteiger partial charge in [0.2, 0.25) is 0 Å². The molecule has 0 aliphatic carbocycles. The summed E-state index contributed by atoms with van der Waals surface area (Å²) in [5.41, 5.74) is -0.978. The van der Waals surface area contributed by atoms with Crippen molar-refractivity contribution in [2.75, 3.05) is 0 Å². The highest BCUT2D eigenvalue weighted by atomic mass is 32.2. The lowest BCUT2D eigenvalue weighted by Gasteiger charge is -2.22. The molecule has 0 spiro atoms. The highest BCUT2D eigenvalue weighted by Crippen LogP contribution is 2.25. The third kappa shape index (κ3) is 4.19. The first-order valence-corrected chi connectivity index (χ1v) is 8.39. The molecule has 0 fully saturated rings. The molecule has 1 aliphatic rings. The summed E-state index contributed by atoms with van der Waals surface area (Å²) in [5, 5.41) is 11.5. The average molecular weight is 357 g/mol. The molecule has 2 rings (SSSR count). The minimum atomic E-state index is -1.36. The molecular weight excluding hydrogens is 338 g/mol. The zero-order valence-corrected chi connectivity index (χ0v) is 14.4. The van der Waals surface area contributed by atoms with Crippen LogP contribution in [0.15, 0.2) is 9.59 Å². The number of carboxylic acids is 1. The van der Waals surface area contributed by atoms with Gasteiger partial charge in [-0.2, -0.15) is 11.8 Å². The molecule has 0 aromatic carbocycles. The quantitative estimate of drug-likeness (QED) is 0.704. The Balaban J connectivity index is 2.25. The van der Waals surface area contributed by atoms with Crippen molar-refractivity contribution in [2.45, 2.75) is 50.5 Å². The Morgan fingerprint density at radius 3 is 2.62 bits per heavy atom. The second-order valence-electron chi connectivity index (χ2n) is 6.32. The standard InChI is InChI=1S/C14H19N3O6S/c1-14(2,3)23-13(22)15-8(11(19)20)4-17-9-6-24-5-7(9)10(18)16-12(17)21/h8H,4-6H2,1-3H3,(H,15,22)(H,19,20)(H,16,18,21)/t8-/m0/s1. The average Bonchev–Trinajstić information content (AvgIpc) is 2.89. The van der Waals surface area contributed by atoms with Crippen LogP contribution in [0.2, 0.25) is 0 Å². The Bertz CT molecular complexity index is 776. The molecule has 1 aliphatic heterocycles. The van der Waals surface area contributed by atoms with Crippen molar-refractivity contribution in [3.8, 4) is 0 Å². The van der Waals surface area contributed by atoms with Gasteiger partial charge in [-0.15, -0.1) is 0 Å². The summed E-state index contributed by atoms with van der Waals surface area (Å²) in [4.78, 5) is 49.2. The van der Waals surface area contributed by atoms with Gasteiger partial charge in [-0.25, -0.2) is 14.4 Å². The fourth-order valence-electron chi connectivity index (χ4n) is 2.23. The van der Waals surface area contributed by atoms with Crippen molar-refractivity contribution in [1.29, 1.82) is 0 Å². The number of amides is 1. The second-order valence-corrected chi connectivity index (χ2v) is 7.31. The summed E-state index contributed by atoms with van der Waals surface area (Å²) < 4.78 is 6.22. The van der Waals surface area contributed by atoms with E-state index in [0.717, 1.165) is 0 Å². The van der Waals surface area contributed by atoms with Gasteiger partial charge in [-0.1, -0.05) is 0 Å². The van der Waals surface area contributed by atoms with Crippen molar-refractivity contribution in [2.24, 2.45) is 0 Å². The lowest BCUT2D eigenvalue weighted by molar-refractivity contribution is -0.139. The van der Waals surface area contributed by atoms with Crippen LogP contribution in [0.3, 0.4) is 0 Å². The number of H-pyrrole nitrogens is 1. The van der Waals surface area contributed by atoms with Gasteiger partial charge >= 0.3 is 17.8 Å². The highest BCUT2D eigenvalue weighted by Gasteiger charge is 2.27. The zero-order valence-electron chi connectivity index (χ0n) is 13.5. The second kappa shape index (κ2) is 6.71. The third-order valence-electron chi connectivity index (χ3n) is 3.25. The number of fused-ring (bicyclic) bond motifs is 1. The molecule has 1 atom stereocenters. The van der Waals surface area contributed by atoms with Gasteiger partial charge in [0.1, 0.15) is 11.6 Å². The fraction of sp³-hybridized carbons (Fsp3) is 0.571. The molecule has 0 unspecified atom stereocenters. The summed E-state index contributed by atoms with van der Waals surface area (Å²) in [7, 11) is 0. The van der Waals surface area contributed by atoms with Crippen LogP contribution in [-0.2, 0) is 27.6 Å². The number of hydrogen-bond donors (Lipinski definition) is 3. The molecule has 132 valence electrons. The molecule has 1 aromatic heterocycles. The maximum absolute atomic E-state index is 12.0. The molecule has 2 heterocycles. The normalized spacial score (nSPS) is 14.8. The van der Waals surface area contributed by atoms with Crippen LogP contribution in [0.1, 0.15) is 32.0 Å². The maximum atomic E-state index is 12.0. The Hall–Kier alpha value is -2.23. The molecule has 10 heteroatoms. The van der Waals surface area contributed by atoms with E-state index >= 15 is 0 Å². The van der Waals surface area contributed by atoms with E-state index in [0.29, 0.717) is 22.8 Å². The number of nitrogens with one attached hydrogen (secondary N) is 2. The summed E-state index contributed by atoms with van der Waals surface area (Å²) in [6.07, 6.45) is -0.890. The predicted octanol–water partition coefficient (Wildman–Crippen LogP) is 0.261. The highest BCUT2D eigenvalue weighted by molar-refractivity contribution is 7.98. The zero-order chi connectivity index (χ0) is 18.1. The van der Waals surface area contributed by atoms with Crippen molar-refractivity contribution in [3.05, 3.63) is 32.1 Å². The van der Waals surface area contributed by atoms with Gasteiger partial charge in [0, 0.05) is 22.8 Å². The molecule has 1 amide bonds. The van der Waals surface area contributed by atoms with Crippen molar-refractivity contribution in [1.82, 2.24) is 14.9 Å². The number of nitrogens with zero attached hydrogens (tertiary/aromatic N) is 1. The predicted molar refractivity (Wildman–Crippen MR) is 87.1 cm³/mol. The minimum absolute atomic E-state index is 0.299. The maximum Gasteiger partial charge on any atom is 0.408 e. The summed E-state index contributed by atoms with van der Waals surface area (Å²) in [6.45, 7) is 4.66. The van der Waals surface area contributed by atoms with Gasteiger partial charge < -0.3 is 15.2 Å². The van der Waals surface area contributed by atoms with Crippen molar-refractivity contribution in [3.63, 3.8) is 0 Å². The molecule has 9 nitrogen and oxygen atoms in total. The van der Waals surface area contributed by atoms with E-state index in [1.807, 2.05) is 0 Å². The number of alkyl carbamates (subject to hydrolysis) is 1. The molecule has 0 bridgehead atoms. The molecule has 1 aromatic rings. The van der Waals surface area contributed by atoms with Crippen molar-refractivity contribution < 1.29 is 19.4 Å². The van der Waals surface area contributed by atoms with E-state index in [9.17, 15) is 24.3 Å². The number of carbonyl (C=O) groups is 2. The van der Waals surface area contributed by atoms with Crippen LogP contribution < -0.4 is 16.6 Å². The van der Waals surface area contributed by atoms with Crippen LogP contribution in [0.4, 0.5) is 4.79 Å². The van der Waals surface area contributed by atoms with Gasteiger partial charge in [0.25, 0.3) is 5.56 Å². The fourth-order valence-corrected chi connectivity index (χ4v) is 3.36.